The second-order valence-corrected chi connectivity index (χ2v) is 4.61. The minimum absolute atomic E-state index is 0.00116. The predicted octanol–water partition coefficient (Wildman–Crippen LogP) is 1.12. The Bertz CT molecular complexity index is 493. The molecular formula is C13H17N3O3. The fraction of sp³-hybridized carbons (Fsp3) is 0.462. The van der Waals surface area contributed by atoms with Crippen molar-refractivity contribution in [1.29, 1.82) is 0 Å². The van der Waals surface area contributed by atoms with E-state index in [1.165, 1.54) is 6.07 Å². The Morgan fingerprint density at radius 3 is 2.95 bits per heavy atom. The zero-order chi connectivity index (χ0) is 13.7. The van der Waals surface area contributed by atoms with Gasteiger partial charge in [-0.2, -0.15) is 5.10 Å². The van der Waals surface area contributed by atoms with Gasteiger partial charge in [0.25, 0.3) is 0 Å². The van der Waals surface area contributed by atoms with E-state index in [0.29, 0.717) is 18.7 Å². The Morgan fingerprint density at radius 2 is 2.32 bits per heavy atom. The number of carboxylic acids is 1. The highest BCUT2D eigenvalue weighted by Crippen LogP contribution is 2.17. The third kappa shape index (κ3) is 3.67. The highest BCUT2D eigenvalue weighted by atomic mass is 16.4. The van der Waals surface area contributed by atoms with Crippen molar-refractivity contribution >= 4 is 11.9 Å². The summed E-state index contributed by atoms with van der Waals surface area (Å²) in [5.74, 6) is -0.913. The first-order valence-corrected chi connectivity index (χ1v) is 6.37. The van der Waals surface area contributed by atoms with Crippen LogP contribution >= 0.6 is 0 Å². The quantitative estimate of drug-likeness (QED) is 0.694. The average molecular weight is 263 g/mol. The molecule has 6 heteroatoms. The van der Waals surface area contributed by atoms with Gasteiger partial charge >= 0.3 is 5.97 Å². The summed E-state index contributed by atoms with van der Waals surface area (Å²) in [5, 5.41) is 17.9. The van der Waals surface area contributed by atoms with Crippen LogP contribution in [0.15, 0.2) is 18.2 Å². The molecule has 0 saturated carbocycles. The molecule has 19 heavy (non-hydrogen) atoms. The fourth-order valence-corrected chi connectivity index (χ4v) is 2.10. The molecule has 0 spiro atoms. The maximum atomic E-state index is 11.8. The van der Waals surface area contributed by atoms with Gasteiger partial charge in [-0.15, -0.1) is 0 Å². The number of allylic oxidation sites excluding steroid dienone is 2. The van der Waals surface area contributed by atoms with Crippen molar-refractivity contribution in [3.05, 3.63) is 29.6 Å². The van der Waals surface area contributed by atoms with Gasteiger partial charge in [0.15, 0.2) is 5.69 Å². The van der Waals surface area contributed by atoms with Gasteiger partial charge in [-0.05, 0) is 25.3 Å². The first-order chi connectivity index (χ1) is 9.16. The molecular weight excluding hydrogens is 246 g/mol. The number of aromatic nitrogens is 2. The molecule has 1 aromatic heterocycles. The molecule has 0 aromatic carbocycles. The Labute approximate surface area is 110 Å². The van der Waals surface area contributed by atoms with E-state index in [4.69, 9.17) is 5.11 Å². The van der Waals surface area contributed by atoms with Crippen LogP contribution in [0.25, 0.3) is 0 Å². The van der Waals surface area contributed by atoms with E-state index in [1.807, 2.05) is 6.08 Å². The monoisotopic (exact) mass is 263 g/mol. The number of carbonyl (C=O) groups is 2. The van der Waals surface area contributed by atoms with E-state index in [1.54, 1.807) is 0 Å². The Morgan fingerprint density at radius 1 is 1.47 bits per heavy atom. The molecule has 0 bridgehead atoms. The minimum Gasteiger partial charge on any atom is -0.476 e. The number of rotatable bonds is 5. The first kappa shape index (κ1) is 13.3. The number of aromatic amines is 1. The van der Waals surface area contributed by atoms with Gasteiger partial charge < -0.3 is 10.4 Å². The molecule has 0 saturated heterocycles. The number of hydrogen-bond acceptors (Lipinski definition) is 3. The smallest absolute Gasteiger partial charge is 0.356 e. The fourth-order valence-electron chi connectivity index (χ4n) is 2.10. The topological polar surface area (TPSA) is 95.1 Å². The zero-order valence-corrected chi connectivity index (χ0v) is 10.6. The molecule has 102 valence electrons. The van der Waals surface area contributed by atoms with E-state index in [0.717, 1.165) is 19.3 Å². The van der Waals surface area contributed by atoms with Gasteiger partial charge in [0, 0.05) is 24.6 Å². The van der Waals surface area contributed by atoms with Gasteiger partial charge in [-0.3, -0.25) is 9.89 Å². The molecule has 1 aliphatic rings. The molecule has 0 fully saturated rings. The van der Waals surface area contributed by atoms with Gasteiger partial charge in [0.2, 0.25) is 5.91 Å². The number of hydrogen-bond donors (Lipinski definition) is 3. The Balaban J connectivity index is 1.74. The number of amides is 1. The average Bonchev–Trinajstić information content (AvgIpc) is 2.89. The molecule has 6 nitrogen and oxygen atoms in total. The van der Waals surface area contributed by atoms with Gasteiger partial charge in [0.05, 0.1) is 0 Å². The van der Waals surface area contributed by atoms with Crippen LogP contribution in [-0.4, -0.2) is 33.7 Å². The number of aromatic carboxylic acids is 1. The lowest BCUT2D eigenvalue weighted by molar-refractivity contribution is -0.125. The summed E-state index contributed by atoms with van der Waals surface area (Å²) >= 11 is 0. The van der Waals surface area contributed by atoms with Crippen LogP contribution in [-0.2, 0) is 11.2 Å². The third-order valence-corrected chi connectivity index (χ3v) is 3.18. The summed E-state index contributed by atoms with van der Waals surface area (Å²) < 4.78 is 0. The molecule has 2 rings (SSSR count). The second-order valence-electron chi connectivity index (χ2n) is 4.61. The highest BCUT2D eigenvalue weighted by Gasteiger charge is 2.18. The van der Waals surface area contributed by atoms with Crippen LogP contribution in [0, 0.1) is 5.92 Å². The van der Waals surface area contributed by atoms with Crippen molar-refractivity contribution in [3.63, 3.8) is 0 Å². The molecule has 0 aliphatic heterocycles. The molecule has 1 atom stereocenters. The predicted molar refractivity (Wildman–Crippen MR) is 68.7 cm³/mol. The van der Waals surface area contributed by atoms with Crippen LogP contribution < -0.4 is 5.32 Å². The lowest BCUT2D eigenvalue weighted by Gasteiger charge is -2.16. The van der Waals surface area contributed by atoms with Gasteiger partial charge in [-0.25, -0.2) is 4.79 Å². The van der Waals surface area contributed by atoms with Crippen LogP contribution in [0.2, 0.25) is 0 Å². The van der Waals surface area contributed by atoms with Crippen molar-refractivity contribution in [2.24, 2.45) is 5.92 Å². The van der Waals surface area contributed by atoms with E-state index < -0.39 is 5.97 Å². The first-order valence-electron chi connectivity index (χ1n) is 6.37. The number of carbonyl (C=O) groups excluding carboxylic acids is 1. The lowest BCUT2D eigenvalue weighted by atomic mass is 9.94. The van der Waals surface area contributed by atoms with Crippen molar-refractivity contribution in [2.75, 3.05) is 6.54 Å². The number of nitrogens with one attached hydrogen (secondary N) is 2. The number of nitrogens with zero attached hydrogens (tertiary/aromatic N) is 1. The summed E-state index contributed by atoms with van der Waals surface area (Å²) in [4.78, 5) is 22.5. The maximum absolute atomic E-state index is 11.8. The molecule has 3 N–H and O–H groups in total. The van der Waals surface area contributed by atoms with Gasteiger partial charge in [-0.1, -0.05) is 12.2 Å². The summed E-state index contributed by atoms with van der Waals surface area (Å²) in [6.07, 6.45) is 7.35. The van der Waals surface area contributed by atoms with E-state index in [-0.39, 0.29) is 17.5 Å². The third-order valence-electron chi connectivity index (χ3n) is 3.18. The Kier molecular flexibility index (Phi) is 4.33. The van der Waals surface area contributed by atoms with E-state index in [9.17, 15) is 9.59 Å². The van der Waals surface area contributed by atoms with Crippen LogP contribution in [0.5, 0.6) is 0 Å². The summed E-state index contributed by atoms with van der Waals surface area (Å²) in [5.41, 5.74) is 0.708. The number of carboxylic acid groups (broad SMARTS) is 1. The maximum Gasteiger partial charge on any atom is 0.356 e. The van der Waals surface area contributed by atoms with Crippen molar-refractivity contribution < 1.29 is 14.7 Å². The van der Waals surface area contributed by atoms with Crippen molar-refractivity contribution in [3.8, 4) is 0 Å². The minimum atomic E-state index is -1.06. The molecule has 1 aliphatic carbocycles. The molecule has 0 radical (unpaired) electrons. The standard InChI is InChI=1S/C13H17N3O3/c17-12(9-4-2-1-3-5-9)14-7-6-10-8-11(13(18)19)16-15-10/h1-2,8-9H,3-7H2,(H,14,17)(H,15,16)(H,18,19)/t9-/m1/s1. The van der Waals surface area contributed by atoms with E-state index >= 15 is 0 Å². The van der Waals surface area contributed by atoms with Crippen LogP contribution in [0.1, 0.15) is 35.4 Å². The highest BCUT2D eigenvalue weighted by molar-refractivity contribution is 5.85. The SMILES string of the molecule is O=C(O)c1cc(CCNC(=O)[C@@H]2CC=CCC2)[nH]n1. The largest absolute Gasteiger partial charge is 0.476 e. The van der Waals surface area contributed by atoms with Crippen molar-refractivity contribution in [2.45, 2.75) is 25.7 Å². The number of H-pyrrole nitrogens is 1. The molecule has 1 amide bonds. The van der Waals surface area contributed by atoms with E-state index in [2.05, 4.69) is 21.6 Å². The van der Waals surface area contributed by atoms with Crippen LogP contribution in [0.3, 0.4) is 0 Å². The summed E-state index contributed by atoms with van der Waals surface area (Å²) in [7, 11) is 0. The van der Waals surface area contributed by atoms with Crippen molar-refractivity contribution in [1.82, 2.24) is 15.5 Å². The molecule has 0 unspecified atom stereocenters. The van der Waals surface area contributed by atoms with Crippen LogP contribution in [0.4, 0.5) is 0 Å². The summed E-state index contributed by atoms with van der Waals surface area (Å²) in [6.45, 7) is 0.486. The molecule has 1 aromatic rings. The second kappa shape index (κ2) is 6.17. The lowest BCUT2D eigenvalue weighted by Crippen LogP contribution is -2.32. The molecule has 1 heterocycles. The zero-order valence-electron chi connectivity index (χ0n) is 10.6. The summed E-state index contributed by atoms with van der Waals surface area (Å²) in [6, 6.07) is 1.48. The normalized spacial score (nSPS) is 18.2. The Hall–Kier alpha value is -2.11. The van der Waals surface area contributed by atoms with Gasteiger partial charge in [0.1, 0.15) is 0 Å².